The van der Waals surface area contributed by atoms with E-state index in [4.69, 9.17) is 0 Å². The van der Waals surface area contributed by atoms with E-state index in [1.165, 1.54) is 32.4 Å². The molecule has 9 heavy (non-hydrogen) atoms. The van der Waals surface area contributed by atoms with Crippen LogP contribution in [0.4, 0.5) is 0 Å². The zero-order chi connectivity index (χ0) is 6.53. The van der Waals surface area contributed by atoms with E-state index in [9.17, 15) is 0 Å². The average molecular weight is 146 g/mol. The van der Waals surface area contributed by atoms with Gasteiger partial charge in [-0.25, -0.2) is 0 Å². The summed E-state index contributed by atoms with van der Waals surface area (Å²) in [5, 5.41) is 3.08. The fourth-order valence-electron chi connectivity index (χ4n) is 1.25. The van der Waals surface area contributed by atoms with E-state index in [1.54, 1.807) is 0 Å². The topological polar surface area (TPSA) is 15.3 Å². The van der Waals surface area contributed by atoms with E-state index in [-0.39, 0.29) is 0 Å². The van der Waals surface area contributed by atoms with Gasteiger partial charge in [0.2, 0.25) is 0 Å². The van der Waals surface area contributed by atoms with E-state index in [0.29, 0.717) is 0 Å². The number of nitrogens with one attached hydrogen (secondary N) is 1. The molecule has 1 atom stereocenters. The molecule has 0 spiro atoms. The van der Waals surface area contributed by atoms with Crippen LogP contribution < -0.4 is 5.09 Å². The van der Waals surface area contributed by atoms with E-state index < -0.39 is 0 Å². The zero-order valence-corrected chi connectivity index (χ0v) is 6.92. The van der Waals surface area contributed by atoms with Gasteiger partial charge in [0, 0.05) is 0 Å². The average Bonchev–Trinajstić information content (AvgIpc) is 1.91. The van der Waals surface area contributed by atoms with Gasteiger partial charge in [-0.15, -0.1) is 0 Å². The molecule has 0 radical (unpaired) electrons. The minimum atomic E-state index is 1.03. The third kappa shape index (κ3) is 2.61. The first kappa shape index (κ1) is 7.46. The van der Waals surface area contributed by atoms with Gasteiger partial charge in [0.05, 0.1) is 6.67 Å². The second kappa shape index (κ2) is 4.21. The summed E-state index contributed by atoms with van der Waals surface area (Å²) in [5.74, 6) is 0. The van der Waals surface area contributed by atoms with Gasteiger partial charge in [-0.3, -0.25) is 9.99 Å². The van der Waals surface area contributed by atoms with E-state index >= 15 is 0 Å². The zero-order valence-electron chi connectivity index (χ0n) is 5.77. The van der Waals surface area contributed by atoms with Crippen LogP contribution in [0.5, 0.6) is 0 Å². The maximum Gasteiger partial charge on any atom is 0.0509 e. The Morgan fingerprint density at radius 2 is 1.89 bits per heavy atom. The van der Waals surface area contributed by atoms with Crippen molar-refractivity contribution in [2.75, 3.05) is 19.8 Å². The van der Waals surface area contributed by atoms with Crippen molar-refractivity contribution in [2.24, 2.45) is 0 Å². The molecule has 0 aromatic heterocycles. The maximum atomic E-state index is 3.08. The molecule has 1 saturated heterocycles. The van der Waals surface area contributed by atoms with Crippen LogP contribution >= 0.6 is 9.39 Å². The Hall–Kier alpha value is 0.350. The van der Waals surface area contributed by atoms with Crippen molar-refractivity contribution in [3.63, 3.8) is 0 Å². The van der Waals surface area contributed by atoms with Gasteiger partial charge in [-0.2, -0.15) is 0 Å². The Kier molecular flexibility index (Phi) is 3.49. The summed E-state index contributed by atoms with van der Waals surface area (Å²) in [6, 6.07) is 0. The van der Waals surface area contributed by atoms with E-state index in [0.717, 1.165) is 6.67 Å². The van der Waals surface area contributed by atoms with Crippen molar-refractivity contribution < 1.29 is 0 Å². The molecule has 1 heterocycles. The molecule has 0 bridgehead atoms. The largest absolute Gasteiger partial charge is 0.290 e. The predicted molar refractivity (Wildman–Crippen MR) is 43.1 cm³/mol. The van der Waals surface area contributed by atoms with Crippen molar-refractivity contribution in [3.05, 3.63) is 0 Å². The van der Waals surface area contributed by atoms with Gasteiger partial charge < -0.3 is 0 Å². The van der Waals surface area contributed by atoms with Crippen LogP contribution in [0.15, 0.2) is 0 Å². The maximum absolute atomic E-state index is 3.08. The lowest BCUT2D eigenvalue weighted by Gasteiger charge is -2.25. The molecular formula is C6H15N2P. The smallest absolute Gasteiger partial charge is 0.0509 e. The van der Waals surface area contributed by atoms with Crippen LogP contribution in [0.1, 0.15) is 19.3 Å². The molecule has 1 aliphatic heterocycles. The molecule has 1 rings (SSSR count). The summed E-state index contributed by atoms with van der Waals surface area (Å²) in [5.41, 5.74) is 0. The highest BCUT2D eigenvalue weighted by Crippen LogP contribution is 2.06. The fourth-order valence-corrected chi connectivity index (χ4v) is 1.50. The monoisotopic (exact) mass is 146 g/mol. The first-order valence-corrected chi connectivity index (χ1v) is 4.17. The predicted octanol–water partition coefficient (Wildman–Crippen LogP) is 0.809. The lowest BCUT2D eigenvalue weighted by atomic mass is 10.1. The van der Waals surface area contributed by atoms with Crippen LogP contribution in [0.3, 0.4) is 0 Å². The first-order chi connectivity index (χ1) is 4.43. The molecule has 0 aromatic carbocycles. The standard InChI is InChI=1S/C6H15N2P/c9-7-6-8-4-2-1-3-5-8/h7H,1-6,9H2. The quantitative estimate of drug-likeness (QED) is 0.580. The third-order valence-corrected chi connectivity index (χ3v) is 1.95. The number of rotatable bonds is 2. The Balaban J connectivity index is 2.08. The summed E-state index contributed by atoms with van der Waals surface area (Å²) in [6.07, 6.45) is 4.19. The Morgan fingerprint density at radius 3 is 2.44 bits per heavy atom. The summed E-state index contributed by atoms with van der Waals surface area (Å²) < 4.78 is 0. The van der Waals surface area contributed by atoms with Gasteiger partial charge in [0.1, 0.15) is 0 Å². The number of piperidine rings is 1. The SMILES string of the molecule is PNCN1CCCCC1. The fraction of sp³-hybridized carbons (Fsp3) is 1.00. The Bertz CT molecular complexity index is 68.7. The number of hydrogen-bond donors (Lipinski definition) is 1. The second-order valence-corrected chi connectivity index (χ2v) is 2.95. The van der Waals surface area contributed by atoms with Gasteiger partial charge in [-0.1, -0.05) is 15.8 Å². The summed E-state index contributed by atoms with van der Waals surface area (Å²) in [7, 11) is 2.54. The van der Waals surface area contributed by atoms with Crippen molar-refractivity contribution in [3.8, 4) is 0 Å². The Labute approximate surface area is 59.3 Å². The van der Waals surface area contributed by atoms with Crippen molar-refractivity contribution in [2.45, 2.75) is 19.3 Å². The van der Waals surface area contributed by atoms with Crippen LogP contribution in [0, 0.1) is 0 Å². The molecule has 2 nitrogen and oxygen atoms in total. The number of hydrogen-bond acceptors (Lipinski definition) is 2. The summed E-state index contributed by atoms with van der Waals surface area (Å²) in [6.45, 7) is 3.59. The normalized spacial score (nSPS) is 22.3. The Morgan fingerprint density at radius 1 is 1.22 bits per heavy atom. The molecule has 1 fully saturated rings. The molecule has 54 valence electrons. The van der Waals surface area contributed by atoms with Crippen molar-refractivity contribution in [1.29, 1.82) is 0 Å². The molecular weight excluding hydrogens is 131 g/mol. The van der Waals surface area contributed by atoms with E-state index in [2.05, 4.69) is 19.4 Å². The van der Waals surface area contributed by atoms with Crippen LogP contribution in [0.25, 0.3) is 0 Å². The highest BCUT2D eigenvalue weighted by atomic mass is 31.0. The van der Waals surface area contributed by atoms with Crippen molar-refractivity contribution in [1.82, 2.24) is 9.99 Å². The molecule has 0 amide bonds. The van der Waals surface area contributed by atoms with Gasteiger partial charge in [0.25, 0.3) is 0 Å². The van der Waals surface area contributed by atoms with Gasteiger partial charge in [-0.05, 0) is 25.9 Å². The molecule has 0 aliphatic carbocycles. The second-order valence-electron chi connectivity index (χ2n) is 2.54. The molecule has 1 unspecified atom stereocenters. The van der Waals surface area contributed by atoms with E-state index in [1.807, 2.05) is 0 Å². The highest BCUT2D eigenvalue weighted by Gasteiger charge is 2.07. The minimum absolute atomic E-state index is 1.03. The van der Waals surface area contributed by atoms with Crippen LogP contribution in [-0.2, 0) is 0 Å². The van der Waals surface area contributed by atoms with Crippen LogP contribution in [0.2, 0.25) is 0 Å². The minimum Gasteiger partial charge on any atom is -0.290 e. The molecule has 1 aliphatic rings. The highest BCUT2D eigenvalue weighted by molar-refractivity contribution is 7.13. The van der Waals surface area contributed by atoms with Crippen molar-refractivity contribution >= 4 is 9.39 Å². The first-order valence-electron chi connectivity index (χ1n) is 3.59. The van der Waals surface area contributed by atoms with Gasteiger partial charge >= 0.3 is 0 Å². The summed E-state index contributed by atoms with van der Waals surface area (Å²) >= 11 is 0. The third-order valence-electron chi connectivity index (χ3n) is 1.76. The molecule has 3 heteroatoms. The lowest BCUT2D eigenvalue weighted by molar-refractivity contribution is 0.228. The van der Waals surface area contributed by atoms with Crippen LogP contribution in [-0.4, -0.2) is 24.7 Å². The molecule has 0 saturated carbocycles. The lowest BCUT2D eigenvalue weighted by Crippen LogP contribution is -2.34. The summed E-state index contributed by atoms with van der Waals surface area (Å²) in [4.78, 5) is 2.44. The number of likely N-dealkylation sites (tertiary alicyclic amines) is 1. The molecule has 0 aromatic rings. The van der Waals surface area contributed by atoms with Gasteiger partial charge in [0.15, 0.2) is 0 Å². The number of nitrogens with zero attached hydrogens (tertiary/aromatic N) is 1. The molecule has 1 N–H and O–H groups in total.